The van der Waals surface area contributed by atoms with Crippen molar-refractivity contribution in [2.75, 3.05) is 5.32 Å². The summed E-state index contributed by atoms with van der Waals surface area (Å²) in [6.45, 7) is 4.37. The molecule has 0 aliphatic carbocycles. The fourth-order valence-corrected chi connectivity index (χ4v) is 3.35. The Bertz CT molecular complexity index is 715. The van der Waals surface area contributed by atoms with E-state index in [1.165, 1.54) is 26.6 Å². The molecule has 0 aliphatic rings. The Hall–Kier alpha value is -2.06. The fraction of sp³-hybridized carbons (Fsp3) is 0.158. The third-order valence-electron chi connectivity index (χ3n) is 3.57. The first-order valence-electron chi connectivity index (χ1n) is 7.21. The second-order valence-electron chi connectivity index (χ2n) is 5.23. The number of aryl methyl sites for hydroxylation is 1. The minimum atomic E-state index is 0.313. The summed E-state index contributed by atoms with van der Waals surface area (Å²) in [5, 5.41) is 3.65. The molecular formula is C19H19NS. The third-order valence-corrected chi connectivity index (χ3v) is 4.76. The van der Waals surface area contributed by atoms with E-state index in [2.05, 4.69) is 85.9 Å². The summed E-state index contributed by atoms with van der Waals surface area (Å²) in [5.41, 5.74) is 3.68. The normalized spacial score (nSPS) is 12.1. The van der Waals surface area contributed by atoms with Gasteiger partial charge in [0.1, 0.15) is 0 Å². The van der Waals surface area contributed by atoms with Gasteiger partial charge in [-0.3, -0.25) is 0 Å². The molecule has 0 spiro atoms. The van der Waals surface area contributed by atoms with Crippen LogP contribution in [0.25, 0.3) is 11.1 Å². The van der Waals surface area contributed by atoms with Crippen molar-refractivity contribution >= 4 is 17.0 Å². The van der Waals surface area contributed by atoms with Crippen LogP contribution in [0.2, 0.25) is 0 Å². The van der Waals surface area contributed by atoms with Crippen molar-refractivity contribution in [3.8, 4) is 11.1 Å². The Labute approximate surface area is 130 Å². The second-order valence-corrected chi connectivity index (χ2v) is 6.55. The lowest BCUT2D eigenvalue weighted by Crippen LogP contribution is -2.05. The SMILES string of the molecule is Cc1ccc(C(C)Nc2ccccc2-c2ccccc2)s1. The number of hydrogen-bond donors (Lipinski definition) is 1. The summed E-state index contributed by atoms with van der Waals surface area (Å²) in [6.07, 6.45) is 0. The number of nitrogens with one attached hydrogen (secondary N) is 1. The predicted octanol–water partition coefficient (Wildman–Crippen LogP) is 5.90. The molecule has 1 aromatic heterocycles. The van der Waals surface area contributed by atoms with Crippen LogP contribution < -0.4 is 5.32 Å². The average Bonchev–Trinajstić information content (AvgIpc) is 2.95. The Morgan fingerprint density at radius 2 is 1.57 bits per heavy atom. The van der Waals surface area contributed by atoms with Gasteiger partial charge in [-0.1, -0.05) is 48.5 Å². The van der Waals surface area contributed by atoms with Crippen LogP contribution in [0.4, 0.5) is 5.69 Å². The lowest BCUT2D eigenvalue weighted by molar-refractivity contribution is 0.909. The highest BCUT2D eigenvalue weighted by Crippen LogP contribution is 2.32. The van der Waals surface area contributed by atoms with E-state index in [9.17, 15) is 0 Å². The molecular weight excluding hydrogens is 274 g/mol. The quantitative estimate of drug-likeness (QED) is 0.631. The van der Waals surface area contributed by atoms with Crippen LogP contribution in [0.15, 0.2) is 66.7 Å². The zero-order valence-electron chi connectivity index (χ0n) is 12.3. The highest BCUT2D eigenvalue weighted by molar-refractivity contribution is 7.12. The van der Waals surface area contributed by atoms with Crippen molar-refractivity contribution in [3.63, 3.8) is 0 Å². The molecule has 1 atom stereocenters. The van der Waals surface area contributed by atoms with Crippen LogP contribution in [0, 0.1) is 6.92 Å². The standard InChI is InChI=1S/C19H19NS/c1-14-12-13-19(21-14)15(2)20-18-11-7-6-10-17(18)16-8-4-3-5-9-16/h3-13,15,20H,1-2H3. The van der Waals surface area contributed by atoms with Crippen LogP contribution in [-0.4, -0.2) is 0 Å². The molecule has 0 radical (unpaired) electrons. The molecule has 0 aliphatic heterocycles. The average molecular weight is 293 g/mol. The van der Waals surface area contributed by atoms with Gasteiger partial charge in [0.25, 0.3) is 0 Å². The summed E-state index contributed by atoms with van der Waals surface area (Å²) in [4.78, 5) is 2.73. The molecule has 3 aromatic rings. The zero-order valence-corrected chi connectivity index (χ0v) is 13.2. The number of hydrogen-bond acceptors (Lipinski definition) is 2. The van der Waals surface area contributed by atoms with Gasteiger partial charge in [0, 0.05) is 21.0 Å². The number of anilines is 1. The van der Waals surface area contributed by atoms with Crippen molar-refractivity contribution in [3.05, 3.63) is 76.5 Å². The Kier molecular flexibility index (Phi) is 4.07. The van der Waals surface area contributed by atoms with E-state index in [0.717, 1.165) is 0 Å². The van der Waals surface area contributed by atoms with Crippen LogP contribution in [0.5, 0.6) is 0 Å². The highest BCUT2D eigenvalue weighted by Gasteiger charge is 2.10. The molecule has 106 valence electrons. The molecule has 0 saturated carbocycles. The summed E-state index contributed by atoms with van der Waals surface area (Å²) in [7, 11) is 0. The lowest BCUT2D eigenvalue weighted by Gasteiger charge is -2.17. The van der Waals surface area contributed by atoms with Gasteiger partial charge in [-0.05, 0) is 37.6 Å². The largest absolute Gasteiger partial charge is 0.377 e. The molecule has 0 bridgehead atoms. The molecule has 2 aromatic carbocycles. The number of thiophene rings is 1. The van der Waals surface area contributed by atoms with E-state index in [0.29, 0.717) is 6.04 Å². The zero-order chi connectivity index (χ0) is 14.7. The molecule has 1 heterocycles. The Morgan fingerprint density at radius 3 is 2.29 bits per heavy atom. The predicted molar refractivity (Wildman–Crippen MR) is 93.0 cm³/mol. The molecule has 21 heavy (non-hydrogen) atoms. The van der Waals surface area contributed by atoms with E-state index < -0.39 is 0 Å². The summed E-state index contributed by atoms with van der Waals surface area (Å²) < 4.78 is 0. The molecule has 0 fully saturated rings. The highest BCUT2D eigenvalue weighted by atomic mass is 32.1. The van der Waals surface area contributed by atoms with Crippen molar-refractivity contribution in [2.45, 2.75) is 19.9 Å². The number of para-hydroxylation sites is 1. The maximum absolute atomic E-state index is 3.65. The maximum Gasteiger partial charge on any atom is 0.0578 e. The first-order chi connectivity index (χ1) is 10.2. The van der Waals surface area contributed by atoms with Crippen molar-refractivity contribution in [2.24, 2.45) is 0 Å². The smallest absolute Gasteiger partial charge is 0.0578 e. The van der Waals surface area contributed by atoms with E-state index in [1.807, 2.05) is 11.3 Å². The van der Waals surface area contributed by atoms with Gasteiger partial charge in [0.2, 0.25) is 0 Å². The molecule has 2 heteroatoms. The summed E-state index contributed by atoms with van der Waals surface area (Å²) in [5.74, 6) is 0. The monoisotopic (exact) mass is 293 g/mol. The minimum absolute atomic E-state index is 0.313. The van der Waals surface area contributed by atoms with Crippen molar-refractivity contribution in [1.82, 2.24) is 0 Å². The fourth-order valence-electron chi connectivity index (χ4n) is 2.47. The first kappa shape index (κ1) is 13.9. The first-order valence-corrected chi connectivity index (χ1v) is 8.03. The van der Waals surface area contributed by atoms with Gasteiger partial charge in [0.05, 0.1) is 6.04 Å². The molecule has 1 nitrogen and oxygen atoms in total. The van der Waals surface area contributed by atoms with Crippen LogP contribution in [-0.2, 0) is 0 Å². The van der Waals surface area contributed by atoms with Crippen molar-refractivity contribution in [1.29, 1.82) is 0 Å². The molecule has 1 unspecified atom stereocenters. The lowest BCUT2D eigenvalue weighted by atomic mass is 10.0. The molecule has 1 N–H and O–H groups in total. The topological polar surface area (TPSA) is 12.0 Å². The van der Waals surface area contributed by atoms with Gasteiger partial charge >= 0.3 is 0 Å². The maximum atomic E-state index is 3.65. The number of benzene rings is 2. The van der Waals surface area contributed by atoms with Gasteiger partial charge in [0.15, 0.2) is 0 Å². The Balaban J connectivity index is 1.89. The number of rotatable bonds is 4. The van der Waals surface area contributed by atoms with Gasteiger partial charge < -0.3 is 5.32 Å². The second kappa shape index (κ2) is 6.15. The molecule has 0 saturated heterocycles. The van der Waals surface area contributed by atoms with E-state index >= 15 is 0 Å². The van der Waals surface area contributed by atoms with Crippen LogP contribution >= 0.6 is 11.3 Å². The molecule has 3 rings (SSSR count). The van der Waals surface area contributed by atoms with Crippen molar-refractivity contribution < 1.29 is 0 Å². The van der Waals surface area contributed by atoms with E-state index in [-0.39, 0.29) is 0 Å². The van der Waals surface area contributed by atoms with E-state index in [1.54, 1.807) is 0 Å². The minimum Gasteiger partial charge on any atom is -0.377 e. The third kappa shape index (κ3) is 3.17. The van der Waals surface area contributed by atoms with Crippen LogP contribution in [0.1, 0.15) is 22.7 Å². The van der Waals surface area contributed by atoms with Crippen LogP contribution in [0.3, 0.4) is 0 Å². The van der Waals surface area contributed by atoms with Gasteiger partial charge in [-0.25, -0.2) is 0 Å². The molecule has 0 amide bonds. The summed E-state index contributed by atoms with van der Waals surface area (Å²) >= 11 is 1.85. The summed E-state index contributed by atoms with van der Waals surface area (Å²) in [6, 6.07) is 23.7. The Morgan fingerprint density at radius 1 is 0.857 bits per heavy atom. The van der Waals surface area contributed by atoms with Gasteiger partial charge in [-0.15, -0.1) is 11.3 Å². The van der Waals surface area contributed by atoms with E-state index in [4.69, 9.17) is 0 Å². The van der Waals surface area contributed by atoms with Gasteiger partial charge in [-0.2, -0.15) is 0 Å².